The molecule has 27 heavy (non-hydrogen) atoms. The van der Waals surface area contributed by atoms with Gasteiger partial charge in [-0.1, -0.05) is 30.3 Å². The van der Waals surface area contributed by atoms with Crippen LogP contribution >= 0.6 is 0 Å². The van der Waals surface area contributed by atoms with Crippen molar-refractivity contribution >= 4 is 11.9 Å². The minimum absolute atomic E-state index is 0.0587. The third-order valence-electron chi connectivity index (χ3n) is 3.97. The Bertz CT molecular complexity index is 893. The Kier molecular flexibility index (Phi) is 5.84. The molecular formula is C18H19N3O6. The predicted molar refractivity (Wildman–Crippen MR) is 95.2 cm³/mol. The number of nitrogens with one attached hydrogen (secondary N) is 1. The Hall–Kier alpha value is -3.17. The first-order valence-corrected chi connectivity index (χ1v) is 8.25. The molecule has 1 atom stereocenters. The summed E-state index contributed by atoms with van der Waals surface area (Å²) in [5.41, 5.74) is 0.716. The second kappa shape index (κ2) is 8.47. The van der Waals surface area contributed by atoms with Gasteiger partial charge in [0.2, 0.25) is 0 Å². The maximum Gasteiger partial charge on any atom is 0.413 e. The van der Waals surface area contributed by atoms with Crippen LogP contribution in [0.4, 0.5) is 10.6 Å². The van der Waals surface area contributed by atoms with Gasteiger partial charge >= 0.3 is 11.8 Å². The van der Waals surface area contributed by atoms with E-state index >= 15 is 0 Å². The molecule has 142 valence electrons. The molecule has 0 aliphatic carbocycles. The van der Waals surface area contributed by atoms with Crippen LogP contribution < -0.4 is 11.0 Å². The number of aromatic nitrogens is 2. The molecule has 0 saturated carbocycles. The molecule has 9 nitrogen and oxygen atoms in total. The van der Waals surface area contributed by atoms with Gasteiger partial charge in [0.15, 0.2) is 0 Å². The van der Waals surface area contributed by atoms with Gasteiger partial charge in [-0.25, -0.2) is 9.59 Å². The van der Waals surface area contributed by atoms with Crippen LogP contribution in [-0.4, -0.2) is 45.2 Å². The summed E-state index contributed by atoms with van der Waals surface area (Å²) in [6.07, 6.45) is -0.0443. The molecule has 1 aromatic carbocycles. The van der Waals surface area contributed by atoms with Crippen molar-refractivity contribution in [3.05, 3.63) is 70.0 Å². The molecule has 0 spiro atoms. The second-order valence-corrected chi connectivity index (χ2v) is 5.88. The standard InChI is InChI=1S/C18H19N3O6/c22-9-14-16(23)13(11-26-14)8-21-7-6-15(19-17(21)24)20-18(25)27-10-12-4-2-1-3-5-12/h1-7,14,22-23H,8-11H2,(H,19,20,24,25)/t14-/m1/s1. The van der Waals surface area contributed by atoms with Crippen molar-refractivity contribution in [2.45, 2.75) is 19.3 Å². The van der Waals surface area contributed by atoms with Crippen molar-refractivity contribution in [2.24, 2.45) is 0 Å². The first-order valence-electron chi connectivity index (χ1n) is 8.25. The van der Waals surface area contributed by atoms with Gasteiger partial charge in [0, 0.05) is 11.8 Å². The van der Waals surface area contributed by atoms with E-state index < -0.39 is 17.9 Å². The molecule has 1 aromatic heterocycles. The van der Waals surface area contributed by atoms with Crippen molar-refractivity contribution in [2.75, 3.05) is 18.5 Å². The van der Waals surface area contributed by atoms with Gasteiger partial charge in [-0.3, -0.25) is 9.88 Å². The highest BCUT2D eigenvalue weighted by Gasteiger charge is 2.25. The molecule has 0 fully saturated rings. The molecular weight excluding hydrogens is 354 g/mol. The number of hydrogen-bond acceptors (Lipinski definition) is 7. The predicted octanol–water partition coefficient (Wildman–Crippen LogP) is 1.20. The van der Waals surface area contributed by atoms with E-state index in [2.05, 4.69) is 10.3 Å². The molecule has 0 bridgehead atoms. The molecule has 2 heterocycles. The van der Waals surface area contributed by atoms with E-state index in [1.54, 1.807) is 0 Å². The van der Waals surface area contributed by atoms with Gasteiger partial charge in [0.25, 0.3) is 0 Å². The maximum atomic E-state index is 12.1. The fourth-order valence-electron chi connectivity index (χ4n) is 2.54. The topological polar surface area (TPSA) is 123 Å². The van der Waals surface area contributed by atoms with Crippen LogP contribution in [0.1, 0.15) is 5.56 Å². The summed E-state index contributed by atoms with van der Waals surface area (Å²) in [7, 11) is 0. The molecule has 3 rings (SSSR count). The summed E-state index contributed by atoms with van der Waals surface area (Å²) < 4.78 is 11.5. The third-order valence-corrected chi connectivity index (χ3v) is 3.97. The molecule has 9 heteroatoms. The van der Waals surface area contributed by atoms with Crippen LogP contribution in [0, 0.1) is 0 Å². The Morgan fingerprint density at radius 3 is 2.78 bits per heavy atom. The largest absolute Gasteiger partial charge is 0.509 e. The molecule has 2 aromatic rings. The molecule has 1 aliphatic heterocycles. The lowest BCUT2D eigenvalue weighted by Gasteiger charge is -2.09. The van der Waals surface area contributed by atoms with E-state index in [1.165, 1.54) is 16.8 Å². The zero-order valence-corrected chi connectivity index (χ0v) is 14.4. The van der Waals surface area contributed by atoms with Crippen molar-refractivity contribution < 1.29 is 24.5 Å². The zero-order chi connectivity index (χ0) is 19.2. The lowest BCUT2D eigenvalue weighted by molar-refractivity contribution is 0.0476. The lowest BCUT2D eigenvalue weighted by atomic mass is 10.2. The number of carbonyl (C=O) groups excluding carboxylic acids is 1. The average Bonchev–Trinajstić information content (AvgIpc) is 3.03. The normalized spacial score (nSPS) is 16.4. The number of nitrogens with zero attached hydrogens (tertiary/aromatic N) is 2. The van der Waals surface area contributed by atoms with Gasteiger partial charge in [0.1, 0.15) is 24.3 Å². The molecule has 0 saturated heterocycles. The molecule has 0 unspecified atom stereocenters. The number of amides is 1. The highest BCUT2D eigenvalue weighted by Crippen LogP contribution is 2.19. The van der Waals surface area contributed by atoms with E-state index in [0.717, 1.165) is 5.56 Å². The van der Waals surface area contributed by atoms with Gasteiger partial charge in [-0.2, -0.15) is 4.98 Å². The Morgan fingerprint density at radius 2 is 2.11 bits per heavy atom. The quantitative estimate of drug-likeness (QED) is 0.695. The molecule has 3 N–H and O–H groups in total. The minimum Gasteiger partial charge on any atom is -0.509 e. The summed E-state index contributed by atoms with van der Waals surface area (Å²) in [6.45, 7) is -0.0398. The van der Waals surface area contributed by atoms with E-state index in [4.69, 9.17) is 14.6 Å². The average molecular weight is 373 g/mol. The molecule has 0 radical (unpaired) electrons. The van der Waals surface area contributed by atoms with Crippen molar-refractivity contribution in [3.63, 3.8) is 0 Å². The van der Waals surface area contributed by atoms with Crippen LogP contribution in [0.3, 0.4) is 0 Å². The Balaban J connectivity index is 1.59. The molecule has 1 amide bonds. The highest BCUT2D eigenvalue weighted by atomic mass is 16.5. The van der Waals surface area contributed by atoms with Crippen LogP contribution in [0.2, 0.25) is 0 Å². The maximum absolute atomic E-state index is 12.1. The van der Waals surface area contributed by atoms with Gasteiger partial charge in [-0.15, -0.1) is 0 Å². The van der Waals surface area contributed by atoms with Crippen LogP contribution in [0.5, 0.6) is 0 Å². The monoisotopic (exact) mass is 373 g/mol. The minimum atomic E-state index is -0.760. The number of ether oxygens (including phenoxy) is 2. The summed E-state index contributed by atoms with van der Waals surface area (Å²) in [4.78, 5) is 27.7. The fourth-order valence-corrected chi connectivity index (χ4v) is 2.54. The third kappa shape index (κ3) is 4.72. The van der Waals surface area contributed by atoms with Crippen molar-refractivity contribution in [3.8, 4) is 0 Å². The van der Waals surface area contributed by atoms with Crippen molar-refractivity contribution in [1.29, 1.82) is 0 Å². The first-order chi connectivity index (χ1) is 13.1. The summed E-state index contributed by atoms with van der Waals surface area (Å²) >= 11 is 0. The van der Waals surface area contributed by atoms with E-state index in [-0.39, 0.29) is 37.9 Å². The highest BCUT2D eigenvalue weighted by molar-refractivity contribution is 5.83. The number of carbonyl (C=O) groups is 1. The first kappa shape index (κ1) is 18.6. The van der Waals surface area contributed by atoms with Crippen LogP contribution in [-0.2, 0) is 22.6 Å². The summed E-state index contributed by atoms with van der Waals surface area (Å²) in [6, 6.07) is 10.6. The Labute approximate surface area is 154 Å². The van der Waals surface area contributed by atoms with Crippen LogP contribution in [0.15, 0.2) is 58.7 Å². The Morgan fingerprint density at radius 1 is 1.33 bits per heavy atom. The number of aliphatic hydroxyl groups is 2. The van der Waals surface area contributed by atoms with E-state index in [0.29, 0.717) is 5.57 Å². The number of hydrogen-bond donors (Lipinski definition) is 3. The van der Waals surface area contributed by atoms with E-state index in [1.807, 2.05) is 30.3 Å². The zero-order valence-electron chi connectivity index (χ0n) is 14.4. The van der Waals surface area contributed by atoms with Crippen LogP contribution in [0.25, 0.3) is 0 Å². The summed E-state index contributed by atoms with van der Waals surface area (Å²) in [5.74, 6) is -0.0143. The van der Waals surface area contributed by atoms with Crippen molar-refractivity contribution in [1.82, 2.24) is 9.55 Å². The fraction of sp³-hybridized carbons (Fsp3) is 0.278. The number of benzene rings is 1. The number of rotatable bonds is 6. The van der Waals surface area contributed by atoms with E-state index in [9.17, 15) is 14.7 Å². The molecule has 1 aliphatic rings. The second-order valence-electron chi connectivity index (χ2n) is 5.88. The van der Waals surface area contributed by atoms with Gasteiger partial charge in [0.05, 0.1) is 19.8 Å². The van der Waals surface area contributed by atoms with Gasteiger partial charge in [-0.05, 0) is 11.6 Å². The SMILES string of the molecule is O=C(Nc1ccn(CC2=C(O)[C@@H](CO)OC2)c(=O)n1)OCc1ccccc1. The summed E-state index contributed by atoms with van der Waals surface area (Å²) in [5, 5.41) is 21.4. The number of aliphatic hydroxyl groups excluding tert-OH is 2. The number of anilines is 1. The smallest absolute Gasteiger partial charge is 0.413 e. The lowest BCUT2D eigenvalue weighted by Crippen LogP contribution is -2.26. The van der Waals surface area contributed by atoms with Gasteiger partial charge < -0.3 is 19.7 Å².